The van der Waals surface area contributed by atoms with Gasteiger partial charge >= 0.3 is 5.97 Å². The summed E-state index contributed by atoms with van der Waals surface area (Å²) in [6.07, 6.45) is 0.489. The summed E-state index contributed by atoms with van der Waals surface area (Å²) in [4.78, 5) is 28.2. The average molecular weight is 235 g/mol. The summed E-state index contributed by atoms with van der Waals surface area (Å²) in [6, 6.07) is 4.83. The predicted octanol–water partition coefficient (Wildman–Crippen LogP) is 0.211. The van der Waals surface area contributed by atoms with Crippen molar-refractivity contribution >= 4 is 17.7 Å². The number of amides is 1. The van der Waals surface area contributed by atoms with Crippen molar-refractivity contribution in [2.45, 2.75) is 6.42 Å². The van der Waals surface area contributed by atoms with E-state index in [4.69, 9.17) is 10.8 Å². The third-order valence-electron chi connectivity index (χ3n) is 2.81. The summed E-state index contributed by atoms with van der Waals surface area (Å²) in [5.74, 6) is -1.31. The molecule has 0 spiro atoms. The summed E-state index contributed by atoms with van der Waals surface area (Å²) in [5.41, 5.74) is 5.75. The largest absolute Gasteiger partial charge is 0.481 e. The topological polar surface area (TPSA) is 96.5 Å². The number of carboxylic acid groups (broad SMARTS) is 1. The molecule has 0 aromatic carbocycles. The Morgan fingerprint density at radius 2 is 2.24 bits per heavy atom. The van der Waals surface area contributed by atoms with E-state index >= 15 is 0 Å². The Balaban J connectivity index is 2.09. The normalized spacial score (nSPS) is 19.3. The van der Waals surface area contributed by atoms with E-state index < -0.39 is 11.9 Å². The molecule has 90 valence electrons. The number of carbonyl (C=O) groups excluding carboxylic acids is 1. The van der Waals surface area contributed by atoms with Gasteiger partial charge in [0.2, 0.25) is 0 Å². The highest BCUT2D eigenvalue weighted by molar-refractivity contribution is 5.93. The zero-order valence-corrected chi connectivity index (χ0v) is 9.17. The van der Waals surface area contributed by atoms with Crippen LogP contribution in [0, 0.1) is 5.92 Å². The molecule has 3 N–H and O–H groups in total. The smallest absolute Gasteiger partial charge is 0.308 e. The Bertz CT molecular complexity index is 461. The molecule has 1 aliphatic rings. The van der Waals surface area contributed by atoms with E-state index in [2.05, 4.69) is 4.98 Å². The van der Waals surface area contributed by atoms with E-state index in [1.54, 1.807) is 18.2 Å². The second-order valence-electron chi connectivity index (χ2n) is 4.02. The molecule has 0 radical (unpaired) electrons. The highest BCUT2D eigenvalue weighted by Crippen LogP contribution is 2.18. The lowest BCUT2D eigenvalue weighted by molar-refractivity contribution is -0.141. The van der Waals surface area contributed by atoms with E-state index in [1.165, 1.54) is 4.90 Å². The second kappa shape index (κ2) is 4.40. The van der Waals surface area contributed by atoms with Gasteiger partial charge in [0, 0.05) is 13.1 Å². The lowest BCUT2D eigenvalue weighted by atomic mass is 10.1. The maximum atomic E-state index is 12.0. The van der Waals surface area contributed by atoms with Crippen LogP contribution >= 0.6 is 0 Å². The second-order valence-corrected chi connectivity index (χ2v) is 4.02. The van der Waals surface area contributed by atoms with Crippen LogP contribution in [-0.4, -0.2) is 40.0 Å². The molecular weight excluding hydrogens is 222 g/mol. The lowest BCUT2D eigenvalue weighted by Gasteiger charge is -2.15. The molecule has 0 aliphatic carbocycles. The van der Waals surface area contributed by atoms with Crippen LogP contribution in [0.15, 0.2) is 18.2 Å². The molecule has 1 unspecified atom stereocenters. The van der Waals surface area contributed by atoms with Crippen LogP contribution in [-0.2, 0) is 4.79 Å². The number of hydrogen-bond donors (Lipinski definition) is 2. The van der Waals surface area contributed by atoms with Crippen LogP contribution in [0.4, 0.5) is 5.82 Å². The summed E-state index contributed by atoms with van der Waals surface area (Å²) >= 11 is 0. The van der Waals surface area contributed by atoms with E-state index in [1.807, 2.05) is 0 Å². The van der Waals surface area contributed by atoms with Gasteiger partial charge in [0.05, 0.1) is 5.92 Å². The number of carboxylic acids is 1. The number of pyridine rings is 1. The Morgan fingerprint density at radius 3 is 2.82 bits per heavy atom. The monoisotopic (exact) mass is 235 g/mol. The van der Waals surface area contributed by atoms with Crippen LogP contribution in [0.5, 0.6) is 0 Å². The first-order valence-corrected chi connectivity index (χ1v) is 5.32. The minimum atomic E-state index is -0.860. The molecule has 1 aliphatic heterocycles. The molecule has 1 aromatic heterocycles. The zero-order chi connectivity index (χ0) is 12.4. The first-order chi connectivity index (χ1) is 8.08. The van der Waals surface area contributed by atoms with Gasteiger partial charge in [-0.05, 0) is 18.6 Å². The zero-order valence-electron chi connectivity index (χ0n) is 9.17. The Morgan fingerprint density at radius 1 is 1.47 bits per heavy atom. The first-order valence-electron chi connectivity index (χ1n) is 5.32. The van der Waals surface area contributed by atoms with E-state index in [9.17, 15) is 9.59 Å². The molecule has 1 amide bonds. The fraction of sp³-hybridized carbons (Fsp3) is 0.364. The number of carbonyl (C=O) groups is 2. The van der Waals surface area contributed by atoms with Crippen molar-refractivity contribution in [1.29, 1.82) is 0 Å². The van der Waals surface area contributed by atoms with Gasteiger partial charge in [0.1, 0.15) is 11.5 Å². The van der Waals surface area contributed by atoms with Crippen molar-refractivity contribution in [2.75, 3.05) is 18.8 Å². The predicted molar refractivity (Wildman–Crippen MR) is 60.3 cm³/mol. The number of nitrogens with zero attached hydrogens (tertiary/aromatic N) is 2. The molecular formula is C11H13N3O3. The van der Waals surface area contributed by atoms with Crippen molar-refractivity contribution < 1.29 is 14.7 Å². The molecule has 17 heavy (non-hydrogen) atoms. The van der Waals surface area contributed by atoms with Gasteiger partial charge in [-0.25, -0.2) is 4.98 Å². The maximum Gasteiger partial charge on any atom is 0.308 e. The third kappa shape index (κ3) is 2.35. The first kappa shape index (κ1) is 11.4. The fourth-order valence-electron chi connectivity index (χ4n) is 1.88. The lowest BCUT2D eigenvalue weighted by Crippen LogP contribution is -2.30. The highest BCUT2D eigenvalue weighted by atomic mass is 16.4. The molecule has 2 heterocycles. The number of rotatable bonds is 2. The Labute approximate surface area is 98.1 Å². The highest BCUT2D eigenvalue weighted by Gasteiger charge is 2.31. The minimum Gasteiger partial charge on any atom is -0.481 e. The number of nitrogens with two attached hydrogens (primary N) is 1. The summed E-state index contributed by atoms with van der Waals surface area (Å²) in [5, 5.41) is 8.85. The van der Waals surface area contributed by atoms with Crippen LogP contribution in [0.2, 0.25) is 0 Å². The number of aliphatic carboxylic acids is 1. The molecule has 1 aromatic rings. The summed E-state index contributed by atoms with van der Waals surface area (Å²) in [6.45, 7) is 0.691. The molecule has 1 atom stereocenters. The molecule has 1 saturated heterocycles. The molecule has 1 fully saturated rings. The van der Waals surface area contributed by atoms with Crippen molar-refractivity contribution in [1.82, 2.24) is 9.88 Å². The number of likely N-dealkylation sites (tertiary alicyclic amines) is 1. The quantitative estimate of drug-likeness (QED) is 0.763. The standard InChI is InChI=1S/C11H13N3O3/c12-9-3-1-2-8(13-9)10(15)14-5-4-7(6-14)11(16)17/h1-3,7H,4-6H2,(H2,12,13)(H,16,17). The molecule has 6 heteroatoms. The molecule has 2 rings (SSSR count). The summed E-state index contributed by atoms with van der Waals surface area (Å²) < 4.78 is 0. The number of hydrogen-bond acceptors (Lipinski definition) is 4. The van der Waals surface area contributed by atoms with Crippen LogP contribution in [0.3, 0.4) is 0 Å². The van der Waals surface area contributed by atoms with Gasteiger partial charge in [0.25, 0.3) is 5.91 Å². The van der Waals surface area contributed by atoms with Crippen molar-refractivity contribution in [3.63, 3.8) is 0 Å². The van der Waals surface area contributed by atoms with Gasteiger partial charge in [-0.2, -0.15) is 0 Å². The SMILES string of the molecule is Nc1cccc(C(=O)N2CCC(C(=O)O)C2)n1. The van der Waals surface area contributed by atoms with Crippen LogP contribution in [0.25, 0.3) is 0 Å². The molecule has 6 nitrogen and oxygen atoms in total. The molecule has 0 bridgehead atoms. The van der Waals surface area contributed by atoms with Crippen LogP contribution < -0.4 is 5.73 Å². The van der Waals surface area contributed by atoms with Gasteiger partial charge < -0.3 is 15.7 Å². The average Bonchev–Trinajstić information content (AvgIpc) is 2.77. The van der Waals surface area contributed by atoms with E-state index in [0.717, 1.165) is 0 Å². The van der Waals surface area contributed by atoms with Crippen molar-refractivity contribution in [2.24, 2.45) is 5.92 Å². The molecule has 0 saturated carbocycles. The van der Waals surface area contributed by atoms with Gasteiger partial charge in [-0.15, -0.1) is 0 Å². The Kier molecular flexibility index (Phi) is 2.95. The summed E-state index contributed by atoms with van der Waals surface area (Å²) in [7, 11) is 0. The van der Waals surface area contributed by atoms with Gasteiger partial charge in [-0.1, -0.05) is 6.07 Å². The van der Waals surface area contributed by atoms with E-state index in [-0.39, 0.29) is 24.0 Å². The van der Waals surface area contributed by atoms with Crippen molar-refractivity contribution in [3.05, 3.63) is 23.9 Å². The maximum absolute atomic E-state index is 12.0. The number of anilines is 1. The minimum absolute atomic E-state index is 0.241. The third-order valence-corrected chi connectivity index (χ3v) is 2.81. The van der Waals surface area contributed by atoms with Gasteiger partial charge in [0.15, 0.2) is 0 Å². The Hall–Kier alpha value is -2.11. The number of nitrogen functional groups attached to an aromatic ring is 1. The van der Waals surface area contributed by atoms with Gasteiger partial charge in [-0.3, -0.25) is 9.59 Å². The van der Waals surface area contributed by atoms with Crippen molar-refractivity contribution in [3.8, 4) is 0 Å². The fourth-order valence-corrected chi connectivity index (χ4v) is 1.88. The van der Waals surface area contributed by atoms with Crippen LogP contribution in [0.1, 0.15) is 16.9 Å². The number of aromatic nitrogens is 1. The van der Waals surface area contributed by atoms with E-state index in [0.29, 0.717) is 13.0 Å².